The molecule has 1 rings (SSSR count). The van der Waals surface area contributed by atoms with E-state index < -0.39 is 0 Å². The predicted octanol–water partition coefficient (Wildman–Crippen LogP) is 3.81. The van der Waals surface area contributed by atoms with E-state index in [-0.39, 0.29) is 5.83 Å². The molecule has 0 aliphatic carbocycles. The number of rotatable bonds is 6. The third-order valence-corrected chi connectivity index (χ3v) is 2.72. The van der Waals surface area contributed by atoms with Gasteiger partial charge in [0.2, 0.25) is 0 Å². The van der Waals surface area contributed by atoms with Crippen molar-refractivity contribution in [3.63, 3.8) is 0 Å². The highest BCUT2D eigenvalue weighted by Crippen LogP contribution is 2.21. The fraction of sp³-hybridized carbons (Fsp3) is 0.429. The molecule has 0 aliphatic rings. The number of halogens is 1. The third kappa shape index (κ3) is 3.56. The fourth-order valence-corrected chi connectivity index (χ4v) is 1.85. The fourth-order valence-electron chi connectivity index (χ4n) is 1.85. The number of nitrogens with zero attached hydrogens (tertiary/aromatic N) is 1. The number of ether oxygens (including phenoxy) is 1. The number of aryl methyl sites for hydroxylation is 1. The zero-order valence-corrected chi connectivity index (χ0v) is 10.8. The summed E-state index contributed by atoms with van der Waals surface area (Å²) in [7, 11) is 1.68. The predicted molar refractivity (Wildman–Crippen MR) is 70.5 cm³/mol. The second-order valence-corrected chi connectivity index (χ2v) is 4.07. The lowest BCUT2D eigenvalue weighted by Gasteiger charge is -2.06. The maximum Gasteiger partial charge on any atom is 0.0989 e. The van der Waals surface area contributed by atoms with Gasteiger partial charge in [-0.3, -0.25) is 0 Å². The summed E-state index contributed by atoms with van der Waals surface area (Å²) in [6.45, 7) is 8.74. The number of hydrogen-bond donors (Lipinski definition) is 0. The van der Waals surface area contributed by atoms with Crippen molar-refractivity contribution in [1.82, 2.24) is 4.57 Å². The maximum absolute atomic E-state index is 13.0. The van der Waals surface area contributed by atoms with Gasteiger partial charge in [-0.25, -0.2) is 4.39 Å². The number of aromatic nitrogens is 1. The van der Waals surface area contributed by atoms with Crippen molar-refractivity contribution in [2.75, 3.05) is 13.7 Å². The summed E-state index contributed by atoms with van der Waals surface area (Å²) in [5.74, 6) is -0.185. The van der Waals surface area contributed by atoms with E-state index in [0.717, 1.165) is 29.8 Å². The van der Waals surface area contributed by atoms with Crippen molar-refractivity contribution in [3.8, 4) is 0 Å². The van der Waals surface area contributed by atoms with Gasteiger partial charge in [0, 0.05) is 32.2 Å². The van der Waals surface area contributed by atoms with Crippen LogP contribution < -0.4 is 0 Å². The van der Waals surface area contributed by atoms with E-state index in [9.17, 15) is 4.39 Å². The van der Waals surface area contributed by atoms with Crippen molar-refractivity contribution in [2.24, 2.45) is 0 Å². The van der Waals surface area contributed by atoms with Crippen LogP contribution in [0.5, 0.6) is 0 Å². The average Bonchev–Trinajstić information content (AvgIpc) is 2.57. The first-order valence-electron chi connectivity index (χ1n) is 5.75. The lowest BCUT2D eigenvalue weighted by atomic mass is 10.1. The van der Waals surface area contributed by atoms with Crippen molar-refractivity contribution >= 4 is 12.2 Å². The van der Waals surface area contributed by atoms with Gasteiger partial charge >= 0.3 is 0 Å². The molecule has 0 saturated carbocycles. The molecule has 17 heavy (non-hydrogen) atoms. The number of allylic oxidation sites excluding steroid dienone is 1. The zero-order valence-electron chi connectivity index (χ0n) is 10.8. The first-order chi connectivity index (χ1) is 8.10. The number of hydrogen-bond acceptors (Lipinski definition) is 1. The van der Waals surface area contributed by atoms with Gasteiger partial charge in [0.1, 0.15) is 0 Å². The molecule has 2 nitrogen and oxygen atoms in total. The van der Waals surface area contributed by atoms with Gasteiger partial charge in [0.05, 0.1) is 5.83 Å². The van der Waals surface area contributed by atoms with Crippen molar-refractivity contribution in [1.29, 1.82) is 0 Å². The summed E-state index contributed by atoms with van der Waals surface area (Å²) < 4.78 is 20.1. The molecule has 0 unspecified atom stereocenters. The Kier molecular flexibility index (Phi) is 5.16. The van der Waals surface area contributed by atoms with E-state index in [1.807, 2.05) is 13.1 Å². The molecule has 0 N–H and O–H groups in total. The molecule has 0 aliphatic heterocycles. The summed E-state index contributed by atoms with van der Waals surface area (Å²) in [5, 5.41) is 0. The van der Waals surface area contributed by atoms with Crippen LogP contribution in [0.3, 0.4) is 0 Å². The molecule has 1 aromatic heterocycles. The van der Waals surface area contributed by atoms with Crippen LogP contribution in [0.2, 0.25) is 0 Å². The molecule has 1 heterocycles. The Balaban J connectivity index is 3.01. The normalized spacial score (nSPS) is 11.9. The van der Waals surface area contributed by atoms with Crippen LogP contribution in [0.25, 0.3) is 12.2 Å². The average molecular weight is 237 g/mol. The molecule has 0 bridgehead atoms. The molecular formula is C14H20FNO. The molecule has 1 aromatic rings. The molecule has 0 aromatic carbocycles. The highest BCUT2D eigenvalue weighted by Gasteiger charge is 2.08. The molecule has 0 saturated heterocycles. The third-order valence-electron chi connectivity index (χ3n) is 2.72. The molecule has 3 heteroatoms. The quantitative estimate of drug-likeness (QED) is 0.686. The van der Waals surface area contributed by atoms with Gasteiger partial charge in [-0.15, -0.1) is 0 Å². The first kappa shape index (κ1) is 13.7. The Morgan fingerprint density at radius 2 is 2.29 bits per heavy atom. The summed E-state index contributed by atoms with van der Waals surface area (Å²) in [4.78, 5) is 0. The molecule has 0 spiro atoms. The Morgan fingerprint density at radius 1 is 1.59 bits per heavy atom. The Hall–Kier alpha value is -1.35. The van der Waals surface area contributed by atoms with Crippen LogP contribution in [0.15, 0.2) is 18.6 Å². The largest absolute Gasteiger partial charge is 0.385 e. The summed E-state index contributed by atoms with van der Waals surface area (Å²) in [6, 6.07) is 0. The highest BCUT2D eigenvalue weighted by atomic mass is 19.1. The Morgan fingerprint density at radius 3 is 2.82 bits per heavy atom. The lowest BCUT2D eigenvalue weighted by molar-refractivity contribution is 0.190. The van der Waals surface area contributed by atoms with E-state index in [2.05, 4.69) is 11.1 Å². The van der Waals surface area contributed by atoms with Crippen LogP contribution in [-0.2, 0) is 11.3 Å². The summed E-state index contributed by atoms with van der Waals surface area (Å²) >= 11 is 0. The lowest BCUT2D eigenvalue weighted by Crippen LogP contribution is -2.02. The van der Waals surface area contributed by atoms with Gasteiger partial charge < -0.3 is 9.30 Å². The maximum atomic E-state index is 13.0. The molecule has 0 fully saturated rings. The molecule has 94 valence electrons. The Labute approximate surface area is 102 Å². The smallest absolute Gasteiger partial charge is 0.0989 e. The second-order valence-electron chi connectivity index (χ2n) is 4.07. The molecule has 0 radical (unpaired) electrons. The summed E-state index contributed by atoms with van der Waals surface area (Å²) in [5.41, 5.74) is 3.03. The van der Waals surface area contributed by atoms with Gasteiger partial charge in [0.15, 0.2) is 0 Å². The van der Waals surface area contributed by atoms with E-state index in [1.54, 1.807) is 19.3 Å². The van der Waals surface area contributed by atoms with Gasteiger partial charge in [-0.05, 0) is 37.5 Å². The molecular weight excluding hydrogens is 217 g/mol. The van der Waals surface area contributed by atoms with Crippen LogP contribution in [0.4, 0.5) is 4.39 Å². The SMILES string of the molecule is C=Cc1cn(CCCOC)c(/C=C(\C)F)c1C. The highest BCUT2D eigenvalue weighted by molar-refractivity contribution is 5.62. The minimum atomic E-state index is -0.185. The summed E-state index contributed by atoms with van der Waals surface area (Å²) in [6.07, 6.45) is 6.28. The van der Waals surface area contributed by atoms with Gasteiger partial charge in [-0.1, -0.05) is 12.7 Å². The zero-order chi connectivity index (χ0) is 12.8. The van der Waals surface area contributed by atoms with Crippen molar-refractivity contribution in [2.45, 2.75) is 26.8 Å². The molecule has 0 atom stereocenters. The van der Waals surface area contributed by atoms with E-state index in [4.69, 9.17) is 4.74 Å². The minimum absolute atomic E-state index is 0.185. The standard InChI is InChI=1S/C14H20FNO/c1-5-13-10-16(7-6-8-17-4)14(12(13)3)9-11(2)15/h5,9-10H,1,6-8H2,2-4H3/b11-9+. The van der Waals surface area contributed by atoms with E-state index >= 15 is 0 Å². The van der Waals surface area contributed by atoms with Crippen LogP contribution >= 0.6 is 0 Å². The monoisotopic (exact) mass is 237 g/mol. The Bertz CT molecular complexity index is 414. The van der Waals surface area contributed by atoms with Crippen LogP contribution in [0.1, 0.15) is 30.2 Å². The van der Waals surface area contributed by atoms with Crippen LogP contribution in [0, 0.1) is 6.92 Å². The number of methoxy groups -OCH3 is 1. The first-order valence-corrected chi connectivity index (χ1v) is 5.75. The van der Waals surface area contributed by atoms with Crippen LogP contribution in [-0.4, -0.2) is 18.3 Å². The van der Waals surface area contributed by atoms with Gasteiger partial charge in [0.25, 0.3) is 0 Å². The van der Waals surface area contributed by atoms with E-state index in [1.165, 1.54) is 6.92 Å². The van der Waals surface area contributed by atoms with E-state index in [0.29, 0.717) is 6.61 Å². The molecule has 0 amide bonds. The van der Waals surface area contributed by atoms with Gasteiger partial charge in [-0.2, -0.15) is 0 Å². The minimum Gasteiger partial charge on any atom is -0.385 e. The van der Waals surface area contributed by atoms with Crippen molar-refractivity contribution in [3.05, 3.63) is 35.4 Å². The van der Waals surface area contributed by atoms with Crippen molar-refractivity contribution < 1.29 is 9.13 Å². The second kappa shape index (κ2) is 6.40. The topological polar surface area (TPSA) is 14.2 Å².